The van der Waals surface area contributed by atoms with Crippen LogP contribution in [0.15, 0.2) is 12.2 Å². The Labute approximate surface area is 80.2 Å². The summed E-state index contributed by atoms with van der Waals surface area (Å²) in [6.07, 6.45) is 9.64. The van der Waals surface area contributed by atoms with Crippen LogP contribution in [0.5, 0.6) is 0 Å². The van der Waals surface area contributed by atoms with Crippen molar-refractivity contribution in [2.24, 2.45) is 5.92 Å². The van der Waals surface area contributed by atoms with Gasteiger partial charge in [0.05, 0.1) is 0 Å². The van der Waals surface area contributed by atoms with Crippen LogP contribution in [0, 0.1) is 5.92 Å². The molecule has 1 fully saturated rings. The van der Waals surface area contributed by atoms with E-state index in [0.29, 0.717) is 18.6 Å². The summed E-state index contributed by atoms with van der Waals surface area (Å²) in [5, 5.41) is 9.27. The molecule has 0 amide bonds. The molecule has 0 radical (unpaired) electrons. The van der Waals surface area contributed by atoms with Gasteiger partial charge in [0.2, 0.25) is 0 Å². The first-order valence-electron chi connectivity index (χ1n) is 5.41. The maximum absolute atomic E-state index is 9.27. The summed E-state index contributed by atoms with van der Waals surface area (Å²) in [4.78, 5) is 2.50. The van der Waals surface area contributed by atoms with Gasteiger partial charge in [-0.2, -0.15) is 0 Å². The Morgan fingerprint density at radius 2 is 1.85 bits per heavy atom. The second kappa shape index (κ2) is 4.25. The quantitative estimate of drug-likeness (QED) is 0.651. The molecule has 0 aromatic rings. The van der Waals surface area contributed by atoms with Gasteiger partial charge in [0.1, 0.15) is 0 Å². The molecule has 2 nitrogen and oxygen atoms in total. The molecule has 74 valence electrons. The predicted molar refractivity (Wildman–Crippen MR) is 53.5 cm³/mol. The third-order valence-corrected chi connectivity index (χ3v) is 3.42. The van der Waals surface area contributed by atoms with E-state index < -0.39 is 0 Å². The zero-order valence-electron chi connectivity index (χ0n) is 8.15. The van der Waals surface area contributed by atoms with Crippen molar-refractivity contribution in [2.75, 3.05) is 19.7 Å². The zero-order chi connectivity index (χ0) is 9.10. The molecule has 2 aliphatic rings. The third kappa shape index (κ3) is 1.94. The van der Waals surface area contributed by atoms with Crippen LogP contribution >= 0.6 is 0 Å². The van der Waals surface area contributed by atoms with E-state index in [1.165, 1.54) is 25.7 Å². The molecular formula is C11H19NO. The van der Waals surface area contributed by atoms with Crippen LogP contribution in [-0.4, -0.2) is 35.7 Å². The zero-order valence-corrected chi connectivity index (χ0v) is 8.15. The van der Waals surface area contributed by atoms with E-state index >= 15 is 0 Å². The molecule has 1 N–H and O–H groups in total. The maximum atomic E-state index is 9.27. The molecule has 0 bridgehead atoms. The van der Waals surface area contributed by atoms with E-state index in [4.69, 9.17) is 0 Å². The topological polar surface area (TPSA) is 23.5 Å². The average molecular weight is 181 g/mol. The van der Waals surface area contributed by atoms with Gasteiger partial charge in [0.15, 0.2) is 0 Å². The minimum atomic E-state index is 0.376. The Morgan fingerprint density at radius 3 is 2.54 bits per heavy atom. The summed E-state index contributed by atoms with van der Waals surface area (Å²) in [6.45, 7) is 2.57. The Bertz CT molecular complexity index is 181. The van der Waals surface area contributed by atoms with E-state index in [1.807, 2.05) is 0 Å². The molecule has 2 heteroatoms. The van der Waals surface area contributed by atoms with Crippen LogP contribution in [0.25, 0.3) is 0 Å². The summed E-state index contributed by atoms with van der Waals surface area (Å²) >= 11 is 0. The molecule has 0 spiro atoms. The van der Waals surface area contributed by atoms with Crippen LogP contribution < -0.4 is 0 Å². The van der Waals surface area contributed by atoms with E-state index in [1.54, 1.807) is 0 Å². The molecule has 1 saturated carbocycles. The van der Waals surface area contributed by atoms with Gasteiger partial charge < -0.3 is 5.11 Å². The van der Waals surface area contributed by atoms with Gasteiger partial charge in [-0.05, 0) is 18.8 Å². The highest BCUT2D eigenvalue weighted by molar-refractivity contribution is 4.99. The van der Waals surface area contributed by atoms with Crippen LogP contribution in [0.3, 0.4) is 0 Å². The number of hydrogen-bond acceptors (Lipinski definition) is 2. The summed E-state index contributed by atoms with van der Waals surface area (Å²) in [6, 6.07) is 0.647. The molecule has 13 heavy (non-hydrogen) atoms. The predicted octanol–water partition coefficient (Wildman–Crippen LogP) is 1.41. The lowest BCUT2D eigenvalue weighted by atomic mass is 9.84. The lowest BCUT2D eigenvalue weighted by molar-refractivity contribution is 0.0845. The van der Waals surface area contributed by atoms with Gasteiger partial charge >= 0.3 is 0 Å². The summed E-state index contributed by atoms with van der Waals surface area (Å²) < 4.78 is 0. The van der Waals surface area contributed by atoms with Crippen molar-refractivity contribution in [3.63, 3.8) is 0 Å². The fourth-order valence-corrected chi connectivity index (χ4v) is 2.65. The Balaban J connectivity index is 1.94. The van der Waals surface area contributed by atoms with Gasteiger partial charge in [-0.1, -0.05) is 25.0 Å². The van der Waals surface area contributed by atoms with Crippen molar-refractivity contribution < 1.29 is 5.11 Å². The van der Waals surface area contributed by atoms with Gasteiger partial charge in [0, 0.05) is 25.7 Å². The minimum absolute atomic E-state index is 0.376. The first-order valence-corrected chi connectivity index (χ1v) is 5.41. The fourth-order valence-electron chi connectivity index (χ4n) is 2.65. The minimum Gasteiger partial charge on any atom is -0.396 e. The van der Waals surface area contributed by atoms with Gasteiger partial charge in [-0.3, -0.25) is 4.90 Å². The molecule has 1 aliphatic heterocycles. The Kier molecular flexibility index (Phi) is 3.01. The van der Waals surface area contributed by atoms with Crippen molar-refractivity contribution in [3.8, 4) is 0 Å². The summed E-state index contributed by atoms with van der Waals surface area (Å²) in [7, 11) is 0. The van der Waals surface area contributed by atoms with Crippen LogP contribution in [0.1, 0.15) is 25.7 Å². The molecule has 2 rings (SSSR count). The lowest BCUT2D eigenvalue weighted by Gasteiger charge is -2.37. The Hall–Kier alpha value is -0.340. The summed E-state index contributed by atoms with van der Waals surface area (Å²) in [5.41, 5.74) is 0. The number of nitrogens with zero attached hydrogens (tertiary/aromatic N) is 1. The average Bonchev–Trinajstić information content (AvgIpc) is 2.70. The van der Waals surface area contributed by atoms with E-state index in [-0.39, 0.29) is 0 Å². The normalized spacial score (nSPS) is 35.5. The van der Waals surface area contributed by atoms with Crippen LogP contribution in [0.2, 0.25) is 0 Å². The molecule has 0 aromatic heterocycles. The van der Waals surface area contributed by atoms with E-state index in [9.17, 15) is 5.11 Å². The second-order valence-electron chi connectivity index (χ2n) is 4.22. The first-order chi connectivity index (χ1) is 6.42. The molecule has 0 saturated heterocycles. The van der Waals surface area contributed by atoms with Crippen molar-refractivity contribution in [1.82, 2.24) is 4.90 Å². The van der Waals surface area contributed by atoms with Crippen molar-refractivity contribution in [1.29, 1.82) is 0 Å². The summed E-state index contributed by atoms with van der Waals surface area (Å²) in [5.74, 6) is 0.536. The highest BCUT2D eigenvalue weighted by atomic mass is 16.3. The third-order valence-electron chi connectivity index (χ3n) is 3.42. The van der Waals surface area contributed by atoms with Crippen molar-refractivity contribution >= 4 is 0 Å². The smallest absolute Gasteiger partial charge is 0.0474 e. The highest BCUT2D eigenvalue weighted by Crippen LogP contribution is 2.28. The first kappa shape index (κ1) is 9.22. The number of aliphatic hydroxyl groups excluding tert-OH is 1. The second-order valence-corrected chi connectivity index (χ2v) is 4.22. The SMILES string of the molecule is OCC1CCCCC1N1CC=CC1. The van der Waals surface area contributed by atoms with Crippen LogP contribution in [-0.2, 0) is 0 Å². The monoisotopic (exact) mass is 181 g/mol. The molecule has 1 aliphatic carbocycles. The van der Waals surface area contributed by atoms with Gasteiger partial charge in [-0.25, -0.2) is 0 Å². The fraction of sp³-hybridized carbons (Fsp3) is 0.818. The van der Waals surface area contributed by atoms with E-state index in [0.717, 1.165) is 13.1 Å². The molecule has 2 atom stereocenters. The largest absolute Gasteiger partial charge is 0.396 e. The molecule has 1 heterocycles. The molecule has 0 aromatic carbocycles. The standard InChI is InChI=1S/C11H19NO/c13-9-10-5-1-2-6-11(10)12-7-3-4-8-12/h3-4,10-11,13H,1-2,5-9H2. The van der Waals surface area contributed by atoms with Gasteiger partial charge in [-0.15, -0.1) is 0 Å². The highest BCUT2D eigenvalue weighted by Gasteiger charge is 2.29. The molecular weight excluding hydrogens is 162 g/mol. The molecule has 2 unspecified atom stereocenters. The van der Waals surface area contributed by atoms with E-state index in [2.05, 4.69) is 17.1 Å². The van der Waals surface area contributed by atoms with Crippen molar-refractivity contribution in [3.05, 3.63) is 12.2 Å². The van der Waals surface area contributed by atoms with Crippen LogP contribution in [0.4, 0.5) is 0 Å². The maximum Gasteiger partial charge on any atom is 0.0474 e. The Morgan fingerprint density at radius 1 is 1.15 bits per heavy atom. The number of rotatable bonds is 2. The van der Waals surface area contributed by atoms with Crippen molar-refractivity contribution in [2.45, 2.75) is 31.7 Å². The van der Waals surface area contributed by atoms with Gasteiger partial charge in [0.25, 0.3) is 0 Å². The number of hydrogen-bond donors (Lipinski definition) is 1. The number of aliphatic hydroxyl groups is 1. The lowest BCUT2D eigenvalue weighted by Crippen LogP contribution is -2.42.